The quantitative estimate of drug-likeness (QED) is 0.798. The molecule has 22 heavy (non-hydrogen) atoms. The number of amides is 1. The maximum atomic E-state index is 12.3. The summed E-state index contributed by atoms with van der Waals surface area (Å²) < 4.78 is 1.92. The first kappa shape index (κ1) is 16.5. The van der Waals surface area contributed by atoms with Gasteiger partial charge in [-0.25, -0.2) is 9.97 Å². The van der Waals surface area contributed by atoms with Crippen molar-refractivity contribution in [2.45, 2.75) is 58.9 Å². The number of pyridine rings is 1. The average molecular weight is 302 g/mol. The second-order valence-corrected chi connectivity index (χ2v) is 6.01. The zero-order valence-electron chi connectivity index (χ0n) is 14.0. The predicted octanol–water partition coefficient (Wildman–Crippen LogP) is 3.37. The van der Waals surface area contributed by atoms with Gasteiger partial charge < -0.3 is 9.88 Å². The molecular formula is C17H26N4O. The Balaban J connectivity index is 1.97. The van der Waals surface area contributed by atoms with Crippen molar-refractivity contribution in [2.24, 2.45) is 7.05 Å². The Morgan fingerprint density at radius 3 is 2.86 bits per heavy atom. The molecule has 2 rings (SSSR count). The predicted molar refractivity (Wildman–Crippen MR) is 88.9 cm³/mol. The lowest BCUT2D eigenvalue weighted by atomic mass is 10.1. The highest BCUT2D eigenvalue weighted by Crippen LogP contribution is 2.14. The molecule has 0 spiro atoms. The molecule has 1 N–H and O–H groups in total. The van der Waals surface area contributed by atoms with Gasteiger partial charge in [0.25, 0.3) is 5.91 Å². The molecule has 0 unspecified atom stereocenters. The highest BCUT2D eigenvalue weighted by molar-refractivity contribution is 5.96. The van der Waals surface area contributed by atoms with Crippen LogP contribution in [0.15, 0.2) is 12.3 Å². The third kappa shape index (κ3) is 3.84. The van der Waals surface area contributed by atoms with E-state index in [1.807, 2.05) is 24.6 Å². The lowest BCUT2D eigenvalue weighted by molar-refractivity contribution is 0.0937. The summed E-state index contributed by atoms with van der Waals surface area (Å²) in [4.78, 5) is 21.1. The van der Waals surface area contributed by atoms with Gasteiger partial charge in [-0.05, 0) is 26.3 Å². The van der Waals surface area contributed by atoms with Gasteiger partial charge in [0.15, 0.2) is 5.65 Å². The number of imidazole rings is 1. The van der Waals surface area contributed by atoms with E-state index in [2.05, 4.69) is 29.1 Å². The Hall–Kier alpha value is -1.91. The third-order valence-corrected chi connectivity index (χ3v) is 4.06. The molecule has 5 heteroatoms. The molecular weight excluding hydrogens is 276 g/mol. The van der Waals surface area contributed by atoms with Gasteiger partial charge in [0.2, 0.25) is 0 Å². The number of fused-ring (bicyclic) bond motifs is 1. The summed E-state index contributed by atoms with van der Waals surface area (Å²) in [5, 5.41) is 3.05. The average Bonchev–Trinajstić information content (AvgIpc) is 2.78. The fourth-order valence-electron chi connectivity index (χ4n) is 2.57. The molecule has 0 saturated heterocycles. The summed E-state index contributed by atoms with van der Waals surface area (Å²) in [5.41, 5.74) is 2.15. The van der Waals surface area contributed by atoms with Crippen molar-refractivity contribution in [2.75, 3.05) is 0 Å². The zero-order chi connectivity index (χ0) is 16.1. The van der Waals surface area contributed by atoms with Crippen molar-refractivity contribution in [1.29, 1.82) is 0 Å². The highest BCUT2D eigenvalue weighted by Gasteiger charge is 2.13. The Kier molecular flexibility index (Phi) is 5.52. The molecule has 0 aliphatic heterocycles. The third-order valence-electron chi connectivity index (χ3n) is 4.06. The van der Waals surface area contributed by atoms with Gasteiger partial charge in [0.05, 0.1) is 5.56 Å². The van der Waals surface area contributed by atoms with Crippen LogP contribution >= 0.6 is 0 Å². The molecule has 120 valence electrons. The highest BCUT2D eigenvalue weighted by atomic mass is 16.1. The molecule has 5 nitrogen and oxygen atoms in total. The molecule has 0 fully saturated rings. The fraction of sp³-hybridized carbons (Fsp3) is 0.588. The first-order valence-corrected chi connectivity index (χ1v) is 8.12. The van der Waals surface area contributed by atoms with Gasteiger partial charge in [-0.2, -0.15) is 0 Å². The summed E-state index contributed by atoms with van der Waals surface area (Å²) in [7, 11) is 1.93. The van der Waals surface area contributed by atoms with Crippen LogP contribution in [0.1, 0.15) is 62.1 Å². The summed E-state index contributed by atoms with van der Waals surface area (Å²) in [6.07, 6.45) is 7.53. The van der Waals surface area contributed by atoms with E-state index in [9.17, 15) is 4.79 Å². The smallest absolute Gasteiger partial charge is 0.253 e. The second kappa shape index (κ2) is 7.38. The number of hydrogen-bond donors (Lipinski definition) is 1. The van der Waals surface area contributed by atoms with Crippen molar-refractivity contribution < 1.29 is 4.79 Å². The number of aryl methyl sites for hydroxylation is 2. The van der Waals surface area contributed by atoms with Gasteiger partial charge in [0.1, 0.15) is 11.3 Å². The maximum absolute atomic E-state index is 12.3. The molecule has 0 aliphatic rings. The van der Waals surface area contributed by atoms with Crippen molar-refractivity contribution in [3.8, 4) is 0 Å². The molecule has 2 heterocycles. The van der Waals surface area contributed by atoms with Crippen molar-refractivity contribution in [3.63, 3.8) is 0 Å². The minimum Gasteiger partial charge on any atom is -0.350 e. The summed E-state index contributed by atoms with van der Waals surface area (Å²) >= 11 is 0. The molecule has 2 aromatic rings. The lowest BCUT2D eigenvalue weighted by Gasteiger charge is -2.13. The molecule has 2 aromatic heterocycles. The van der Waals surface area contributed by atoms with Crippen LogP contribution in [0.3, 0.4) is 0 Å². The van der Waals surface area contributed by atoms with E-state index in [1.165, 1.54) is 19.3 Å². The van der Waals surface area contributed by atoms with E-state index < -0.39 is 0 Å². The topological polar surface area (TPSA) is 59.8 Å². The van der Waals surface area contributed by atoms with Gasteiger partial charge in [0, 0.05) is 19.3 Å². The number of hydrogen-bond acceptors (Lipinski definition) is 3. The molecule has 0 saturated carbocycles. The molecule has 1 amide bonds. The molecule has 0 bridgehead atoms. The van der Waals surface area contributed by atoms with Gasteiger partial charge in [-0.3, -0.25) is 4.79 Å². The number of unbranched alkanes of at least 4 members (excludes halogenated alkanes) is 3. The van der Waals surface area contributed by atoms with Crippen LogP contribution in [0.2, 0.25) is 0 Å². The number of carbonyl (C=O) groups excluding carboxylic acids is 1. The minimum absolute atomic E-state index is 0.0688. The Morgan fingerprint density at radius 2 is 2.14 bits per heavy atom. The largest absolute Gasteiger partial charge is 0.350 e. The first-order valence-electron chi connectivity index (χ1n) is 8.12. The van der Waals surface area contributed by atoms with Gasteiger partial charge in [-0.1, -0.05) is 32.6 Å². The number of nitrogens with zero attached hydrogens (tertiary/aromatic N) is 3. The van der Waals surface area contributed by atoms with E-state index in [4.69, 9.17) is 0 Å². The number of aromatic nitrogens is 3. The van der Waals surface area contributed by atoms with Crippen LogP contribution in [0.25, 0.3) is 11.2 Å². The standard InChI is InChI=1S/C17H26N4O/c1-5-6-7-8-9-12(2)19-17(22)14-10-15-16(18-11-14)21(4)13(3)20-15/h10-12H,5-9H2,1-4H3,(H,19,22)/t12-/m1/s1. The van der Waals surface area contributed by atoms with Crippen molar-refractivity contribution in [1.82, 2.24) is 19.9 Å². The number of nitrogens with one attached hydrogen (secondary N) is 1. The van der Waals surface area contributed by atoms with E-state index in [1.54, 1.807) is 6.20 Å². The fourth-order valence-corrected chi connectivity index (χ4v) is 2.57. The van der Waals surface area contributed by atoms with Crippen molar-refractivity contribution in [3.05, 3.63) is 23.7 Å². The molecule has 1 atom stereocenters. The molecule has 0 radical (unpaired) electrons. The van der Waals surface area contributed by atoms with Gasteiger partial charge >= 0.3 is 0 Å². The Morgan fingerprint density at radius 1 is 1.36 bits per heavy atom. The second-order valence-electron chi connectivity index (χ2n) is 6.01. The van der Waals surface area contributed by atoms with E-state index in [0.29, 0.717) is 5.56 Å². The summed E-state index contributed by atoms with van der Waals surface area (Å²) in [6.45, 7) is 6.19. The summed E-state index contributed by atoms with van der Waals surface area (Å²) in [6, 6.07) is 2.00. The normalized spacial score (nSPS) is 12.5. The monoisotopic (exact) mass is 302 g/mol. The zero-order valence-corrected chi connectivity index (χ0v) is 14.0. The van der Waals surface area contributed by atoms with Crippen LogP contribution in [-0.4, -0.2) is 26.5 Å². The van der Waals surface area contributed by atoms with E-state index >= 15 is 0 Å². The number of rotatable bonds is 7. The molecule has 0 aliphatic carbocycles. The molecule has 0 aromatic carbocycles. The van der Waals surface area contributed by atoms with Crippen LogP contribution in [0, 0.1) is 6.92 Å². The van der Waals surface area contributed by atoms with Crippen LogP contribution in [-0.2, 0) is 7.05 Å². The van der Waals surface area contributed by atoms with Gasteiger partial charge in [-0.15, -0.1) is 0 Å². The Bertz CT molecular complexity index is 647. The van der Waals surface area contributed by atoms with Crippen LogP contribution < -0.4 is 5.32 Å². The lowest BCUT2D eigenvalue weighted by Crippen LogP contribution is -2.32. The van der Waals surface area contributed by atoms with E-state index in [0.717, 1.165) is 29.8 Å². The summed E-state index contributed by atoms with van der Waals surface area (Å²) in [5.74, 6) is 0.824. The van der Waals surface area contributed by atoms with Crippen molar-refractivity contribution >= 4 is 17.1 Å². The van der Waals surface area contributed by atoms with Crippen LogP contribution in [0.4, 0.5) is 0 Å². The van der Waals surface area contributed by atoms with E-state index in [-0.39, 0.29) is 11.9 Å². The minimum atomic E-state index is -0.0688. The SMILES string of the molecule is CCCCCC[C@@H](C)NC(=O)c1cnc2c(c1)nc(C)n2C. The first-order chi connectivity index (χ1) is 10.5. The maximum Gasteiger partial charge on any atom is 0.253 e. The number of carbonyl (C=O) groups is 1. The van der Waals surface area contributed by atoms with Crippen LogP contribution in [0.5, 0.6) is 0 Å². The Labute approximate surface area is 132 Å².